The second kappa shape index (κ2) is 10.6. The van der Waals surface area contributed by atoms with Crippen molar-refractivity contribution in [2.75, 3.05) is 14.2 Å². The maximum Gasteiger partial charge on any atom is 0.337 e. The number of esters is 2. The van der Waals surface area contributed by atoms with E-state index in [9.17, 15) is 19.8 Å². The number of carbonyl (C=O) groups excluding carboxylic acids is 2. The molecule has 38 heavy (non-hydrogen) atoms. The molecule has 0 aliphatic rings. The van der Waals surface area contributed by atoms with Gasteiger partial charge in [0.25, 0.3) is 0 Å². The van der Waals surface area contributed by atoms with Gasteiger partial charge in [-0.2, -0.15) is 0 Å². The third-order valence-corrected chi connectivity index (χ3v) is 7.04. The monoisotopic (exact) mass is 510 g/mol. The maximum absolute atomic E-state index is 12.9. The van der Waals surface area contributed by atoms with E-state index in [4.69, 9.17) is 9.47 Å². The van der Waals surface area contributed by atoms with Crippen molar-refractivity contribution in [1.82, 2.24) is 0 Å². The van der Waals surface area contributed by atoms with E-state index in [1.165, 1.54) is 14.2 Å². The van der Waals surface area contributed by atoms with Crippen LogP contribution in [0.4, 0.5) is 0 Å². The highest BCUT2D eigenvalue weighted by atomic mass is 16.5. The molecule has 6 nitrogen and oxygen atoms in total. The number of aryl methyl sites for hydroxylation is 2. The molecular formula is C32H30O6. The fourth-order valence-electron chi connectivity index (χ4n) is 5.01. The summed E-state index contributed by atoms with van der Waals surface area (Å²) < 4.78 is 9.68. The van der Waals surface area contributed by atoms with E-state index in [1.807, 2.05) is 38.1 Å². The summed E-state index contributed by atoms with van der Waals surface area (Å²) in [5.74, 6) is -1.02. The van der Waals surface area contributed by atoms with Crippen LogP contribution in [0.1, 0.15) is 54.1 Å². The third-order valence-electron chi connectivity index (χ3n) is 7.04. The van der Waals surface area contributed by atoms with Crippen LogP contribution in [0, 0.1) is 13.8 Å². The topological polar surface area (TPSA) is 93.1 Å². The Kier molecular flexibility index (Phi) is 7.49. The molecule has 0 amide bonds. The van der Waals surface area contributed by atoms with Crippen LogP contribution < -0.4 is 0 Å². The van der Waals surface area contributed by atoms with Gasteiger partial charge in [0.15, 0.2) is 11.2 Å². The predicted molar refractivity (Wildman–Crippen MR) is 144 cm³/mol. The molecule has 0 radical (unpaired) electrons. The van der Waals surface area contributed by atoms with Crippen molar-refractivity contribution in [1.29, 1.82) is 0 Å². The van der Waals surface area contributed by atoms with Crippen molar-refractivity contribution in [2.24, 2.45) is 0 Å². The number of ether oxygens (including phenoxy) is 2. The SMILES string of the molecule is COC(=O)c1ccc([C@@](O)(c2ccccc2C)[C@@](O)(c2ccc(C(=O)OC)cc2)c2ccccc2C)cc1. The highest BCUT2D eigenvalue weighted by Gasteiger charge is 2.55. The molecular weight excluding hydrogens is 480 g/mol. The summed E-state index contributed by atoms with van der Waals surface area (Å²) >= 11 is 0. The molecule has 4 aromatic carbocycles. The molecule has 2 N–H and O–H groups in total. The van der Waals surface area contributed by atoms with Crippen molar-refractivity contribution >= 4 is 11.9 Å². The minimum Gasteiger partial charge on any atom is -0.465 e. The lowest BCUT2D eigenvalue weighted by molar-refractivity contribution is -0.113. The Morgan fingerprint density at radius 3 is 1.16 bits per heavy atom. The fourth-order valence-corrected chi connectivity index (χ4v) is 5.01. The Labute approximate surface area is 222 Å². The van der Waals surface area contributed by atoms with Gasteiger partial charge >= 0.3 is 11.9 Å². The molecule has 0 spiro atoms. The lowest BCUT2D eigenvalue weighted by Gasteiger charge is -2.46. The van der Waals surface area contributed by atoms with Gasteiger partial charge < -0.3 is 19.7 Å². The van der Waals surface area contributed by atoms with Crippen molar-refractivity contribution < 1.29 is 29.3 Å². The normalized spacial score (nSPS) is 14.2. The Morgan fingerprint density at radius 2 is 0.868 bits per heavy atom. The Morgan fingerprint density at radius 1 is 0.553 bits per heavy atom. The van der Waals surface area contributed by atoms with Gasteiger partial charge in [-0.05, 0) is 71.5 Å². The second-order valence-corrected chi connectivity index (χ2v) is 9.19. The Balaban J connectivity index is 2.08. The summed E-state index contributed by atoms with van der Waals surface area (Å²) in [6.07, 6.45) is 0. The predicted octanol–water partition coefficient (Wildman–Crippen LogP) is 5.05. The van der Waals surface area contributed by atoms with Gasteiger partial charge in [-0.15, -0.1) is 0 Å². The average molecular weight is 511 g/mol. The summed E-state index contributed by atoms with van der Waals surface area (Å²) in [5, 5.41) is 25.9. The number of aliphatic hydroxyl groups is 2. The highest BCUT2D eigenvalue weighted by molar-refractivity contribution is 5.90. The molecule has 0 aliphatic carbocycles. The fraction of sp³-hybridized carbons (Fsp3) is 0.188. The molecule has 0 bridgehead atoms. The zero-order chi connectivity index (χ0) is 27.5. The highest BCUT2D eigenvalue weighted by Crippen LogP contribution is 2.51. The van der Waals surface area contributed by atoms with Gasteiger partial charge in [-0.3, -0.25) is 0 Å². The first kappa shape index (κ1) is 26.8. The van der Waals surface area contributed by atoms with Crippen LogP contribution >= 0.6 is 0 Å². The molecule has 0 saturated heterocycles. The van der Waals surface area contributed by atoms with E-state index in [0.717, 1.165) is 11.1 Å². The summed E-state index contributed by atoms with van der Waals surface area (Å²) in [6, 6.07) is 27.3. The van der Waals surface area contributed by atoms with Crippen LogP contribution in [0.2, 0.25) is 0 Å². The van der Waals surface area contributed by atoms with E-state index in [-0.39, 0.29) is 0 Å². The molecule has 0 aromatic heterocycles. The largest absolute Gasteiger partial charge is 0.465 e. The molecule has 0 unspecified atom stereocenters. The third kappa shape index (κ3) is 4.38. The summed E-state index contributed by atoms with van der Waals surface area (Å²) in [4.78, 5) is 24.2. The molecule has 0 fully saturated rings. The van der Waals surface area contributed by atoms with E-state index in [2.05, 4.69) is 0 Å². The van der Waals surface area contributed by atoms with Gasteiger partial charge in [-0.1, -0.05) is 72.8 Å². The van der Waals surface area contributed by atoms with Crippen LogP contribution in [-0.4, -0.2) is 36.4 Å². The van der Waals surface area contributed by atoms with Crippen molar-refractivity contribution in [3.63, 3.8) is 0 Å². The zero-order valence-corrected chi connectivity index (χ0v) is 21.8. The van der Waals surface area contributed by atoms with Crippen molar-refractivity contribution in [3.05, 3.63) is 142 Å². The number of benzene rings is 4. The molecule has 6 heteroatoms. The van der Waals surface area contributed by atoms with Gasteiger partial charge in [0.2, 0.25) is 0 Å². The molecule has 0 saturated carbocycles. The van der Waals surface area contributed by atoms with Crippen LogP contribution in [0.25, 0.3) is 0 Å². The molecule has 2 atom stereocenters. The van der Waals surface area contributed by atoms with Crippen LogP contribution in [0.3, 0.4) is 0 Å². The van der Waals surface area contributed by atoms with Crippen LogP contribution in [-0.2, 0) is 20.7 Å². The lowest BCUT2D eigenvalue weighted by Crippen LogP contribution is -2.52. The van der Waals surface area contributed by atoms with Crippen LogP contribution in [0.5, 0.6) is 0 Å². The number of methoxy groups -OCH3 is 2. The molecule has 194 valence electrons. The number of hydrogen-bond donors (Lipinski definition) is 2. The first-order valence-electron chi connectivity index (χ1n) is 12.1. The molecule has 0 aliphatic heterocycles. The first-order valence-corrected chi connectivity index (χ1v) is 12.1. The smallest absolute Gasteiger partial charge is 0.337 e. The molecule has 4 rings (SSSR count). The number of carbonyl (C=O) groups is 2. The van der Waals surface area contributed by atoms with E-state index in [0.29, 0.717) is 33.4 Å². The second-order valence-electron chi connectivity index (χ2n) is 9.19. The standard InChI is InChI=1S/C32H30O6/c1-21-9-5-7-11-27(21)31(35,25-17-13-23(14-18-25)29(33)37-3)32(36,28-12-8-6-10-22(28)2)26-19-15-24(16-20-26)30(34)38-4/h5-20,35-36H,1-4H3/t31-,32-/m1/s1. The number of hydrogen-bond acceptors (Lipinski definition) is 6. The van der Waals surface area contributed by atoms with Gasteiger partial charge in [0, 0.05) is 0 Å². The Bertz CT molecular complexity index is 1350. The first-order chi connectivity index (χ1) is 18.2. The minimum absolute atomic E-state index is 0.310. The number of rotatable bonds is 7. The quantitative estimate of drug-likeness (QED) is 0.338. The van der Waals surface area contributed by atoms with Gasteiger partial charge in [0.05, 0.1) is 25.3 Å². The van der Waals surface area contributed by atoms with E-state index in [1.54, 1.807) is 72.8 Å². The van der Waals surface area contributed by atoms with Gasteiger partial charge in [-0.25, -0.2) is 9.59 Å². The van der Waals surface area contributed by atoms with Crippen molar-refractivity contribution in [3.8, 4) is 0 Å². The van der Waals surface area contributed by atoms with Gasteiger partial charge in [0.1, 0.15) is 0 Å². The summed E-state index contributed by atoms with van der Waals surface area (Å²) in [7, 11) is 2.60. The van der Waals surface area contributed by atoms with E-state index < -0.39 is 23.1 Å². The zero-order valence-electron chi connectivity index (χ0n) is 21.8. The lowest BCUT2D eigenvalue weighted by atomic mass is 9.64. The maximum atomic E-state index is 12.9. The van der Waals surface area contributed by atoms with Crippen LogP contribution in [0.15, 0.2) is 97.1 Å². The summed E-state index contributed by atoms with van der Waals surface area (Å²) in [5.41, 5.74) is -0.227. The summed E-state index contributed by atoms with van der Waals surface area (Å²) in [6.45, 7) is 3.73. The average Bonchev–Trinajstić information content (AvgIpc) is 2.96. The van der Waals surface area contributed by atoms with Crippen molar-refractivity contribution in [2.45, 2.75) is 25.0 Å². The van der Waals surface area contributed by atoms with E-state index >= 15 is 0 Å². The Hall–Kier alpha value is -4.26. The molecule has 0 heterocycles. The molecule has 4 aromatic rings. The minimum atomic E-state index is -2.02.